The van der Waals surface area contributed by atoms with E-state index >= 15 is 0 Å². The third-order valence-electron chi connectivity index (χ3n) is 2.92. The summed E-state index contributed by atoms with van der Waals surface area (Å²) in [5.74, 6) is 0. The summed E-state index contributed by atoms with van der Waals surface area (Å²) in [6.07, 6.45) is 0. The molecule has 2 aliphatic heterocycles. The molecule has 1 aromatic carbocycles. The number of nitrogens with one attached hydrogen (secondary N) is 2. The molecule has 1 aromatic rings. The maximum Gasteiger partial charge on any atom is 0.130 e. The van der Waals surface area contributed by atoms with Crippen LogP contribution in [0.5, 0.6) is 0 Å². The molecule has 2 N–H and O–H groups in total. The van der Waals surface area contributed by atoms with Crippen molar-refractivity contribution in [1.82, 2.24) is 0 Å². The van der Waals surface area contributed by atoms with E-state index in [4.69, 9.17) is 0 Å². The molecule has 0 aliphatic carbocycles. The van der Waals surface area contributed by atoms with Gasteiger partial charge in [-0.3, -0.25) is 9.98 Å². The quantitative estimate of drug-likeness (QED) is 0.615. The van der Waals surface area contributed by atoms with E-state index in [0.717, 1.165) is 17.4 Å². The van der Waals surface area contributed by atoms with Crippen LogP contribution in [0.4, 0.5) is 11.4 Å². The maximum absolute atomic E-state index is 4.40. The molecular formula is C10H12N4. The molecule has 2 heterocycles. The number of hydrogen-bond acceptors (Lipinski definition) is 4. The van der Waals surface area contributed by atoms with Gasteiger partial charge in [-0.1, -0.05) is 0 Å². The van der Waals surface area contributed by atoms with E-state index in [1.165, 1.54) is 22.5 Å². The zero-order chi connectivity index (χ0) is 9.71. The van der Waals surface area contributed by atoms with E-state index in [1.54, 1.807) is 0 Å². The van der Waals surface area contributed by atoms with Crippen LogP contribution in [0.25, 0.3) is 0 Å². The van der Waals surface area contributed by atoms with Crippen LogP contribution >= 0.6 is 0 Å². The standard InChI is InChI=1S/C10H12N4/c1-5-7-9(13-3-11-7)6(2)10-8(5)12-4-14-10/h11,13H,3-4H2,1-2H3. The van der Waals surface area contributed by atoms with Gasteiger partial charge in [-0.15, -0.1) is 0 Å². The molecular weight excluding hydrogens is 176 g/mol. The molecule has 4 nitrogen and oxygen atoms in total. The van der Waals surface area contributed by atoms with Gasteiger partial charge in [0, 0.05) is 11.1 Å². The molecule has 2 aliphatic rings. The Morgan fingerprint density at radius 1 is 0.929 bits per heavy atom. The first kappa shape index (κ1) is 7.79. The second-order valence-electron chi connectivity index (χ2n) is 3.69. The zero-order valence-corrected chi connectivity index (χ0v) is 8.31. The molecule has 0 unspecified atom stereocenters. The Labute approximate surface area is 81.8 Å². The van der Waals surface area contributed by atoms with E-state index in [2.05, 4.69) is 34.5 Å². The first-order valence-corrected chi connectivity index (χ1v) is 4.79. The molecule has 0 saturated carbocycles. The average molecular weight is 188 g/mol. The normalized spacial score (nSPS) is 16.1. The van der Waals surface area contributed by atoms with Crippen molar-refractivity contribution < 1.29 is 0 Å². The van der Waals surface area contributed by atoms with Crippen LogP contribution in [-0.4, -0.2) is 13.3 Å². The summed E-state index contributed by atoms with van der Waals surface area (Å²) in [5, 5.41) is 8.79. The molecule has 0 spiro atoms. The van der Waals surface area contributed by atoms with E-state index in [0.29, 0.717) is 6.67 Å². The molecule has 14 heavy (non-hydrogen) atoms. The third kappa shape index (κ3) is 0.780. The summed E-state index contributed by atoms with van der Waals surface area (Å²) in [4.78, 5) is 8.81. The smallest absolute Gasteiger partial charge is 0.130 e. The highest BCUT2D eigenvalue weighted by Crippen LogP contribution is 2.29. The Morgan fingerprint density at radius 3 is 1.93 bits per heavy atom. The van der Waals surface area contributed by atoms with E-state index < -0.39 is 0 Å². The molecule has 0 aromatic heterocycles. The van der Waals surface area contributed by atoms with Crippen LogP contribution < -0.4 is 21.3 Å². The number of rotatable bonds is 0. The molecule has 0 atom stereocenters. The Morgan fingerprint density at radius 2 is 1.43 bits per heavy atom. The highest BCUT2D eigenvalue weighted by atomic mass is 15.1. The second-order valence-corrected chi connectivity index (χ2v) is 3.69. The van der Waals surface area contributed by atoms with Crippen LogP contribution in [0, 0.1) is 13.8 Å². The van der Waals surface area contributed by atoms with Gasteiger partial charge in [0.25, 0.3) is 0 Å². The van der Waals surface area contributed by atoms with Crippen LogP contribution in [0.3, 0.4) is 0 Å². The van der Waals surface area contributed by atoms with Crippen molar-refractivity contribution in [3.8, 4) is 0 Å². The fourth-order valence-electron chi connectivity index (χ4n) is 2.19. The molecule has 72 valence electrons. The Kier molecular flexibility index (Phi) is 1.37. The number of benzene rings is 1. The van der Waals surface area contributed by atoms with E-state index in [9.17, 15) is 0 Å². The van der Waals surface area contributed by atoms with Gasteiger partial charge < -0.3 is 10.6 Å². The summed E-state index contributed by atoms with van der Waals surface area (Å²) < 4.78 is 0. The number of hydrogen-bond donors (Lipinski definition) is 2. The molecule has 0 saturated heterocycles. The third-order valence-corrected chi connectivity index (χ3v) is 2.92. The van der Waals surface area contributed by atoms with Gasteiger partial charge in [-0.25, -0.2) is 0 Å². The zero-order valence-electron chi connectivity index (χ0n) is 8.31. The van der Waals surface area contributed by atoms with Gasteiger partial charge in [-0.05, 0) is 13.8 Å². The van der Waals surface area contributed by atoms with Crippen LogP contribution in [-0.2, 0) is 0 Å². The molecule has 3 rings (SSSR count). The Hall–Kier alpha value is -1.58. The second kappa shape index (κ2) is 2.47. The highest BCUT2D eigenvalue weighted by Gasteiger charge is 2.19. The first-order chi connectivity index (χ1) is 6.79. The average Bonchev–Trinajstić information content (AvgIpc) is 2.82. The summed E-state index contributed by atoms with van der Waals surface area (Å²) in [6.45, 7) is 5.59. The van der Waals surface area contributed by atoms with Gasteiger partial charge in [0.15, 0.2) is 0 Å². The Balaban J connectivity index is 2.53. The van der Waals surface area contributed by atoms with Crippen molar-refractivity contribution in [3.63, 3.8) is 0 Å². The van der Waals surface area contributed by atoms with Crippen LogP contribution in [0.15, 0.2) is 9.98 Å². The topological polar surface area (TPSA) is 48.8 Å². The van der Waals surface area contributed by atoms with Gasteiger partial charge in [0.05, 0.1) is 28.8 Å². The van der Waals surface area contributed by atoms with Crippen molar-refractivity contribution in [2.24, 2.45) is 9.98 Å². The first-order valence-electron chi connectivity index (χ1n) is 4.79. The lowest BCUT2D eigenvalue weighted by atomic mass is 10.1. The predicted octanol–water partition coefficient (Wildman–Crippen LogP) is 0.309. The minimum Gasteiger partial charge on any atom is -0.366 e. The highest BCUT2D eigenvalue weighted by molar-refractivity contribution is 5.79. The fourth-order valence-corrected chi connectivity index (χ4v) is 2.19. The summed E-state index contributed by atoms with van der Waals surface area (Å²) in [7, 11) is 0. The van der Waals surface area contributed by atoms with Crippen molar-refractivity contribution >= 4 is 11.4 Å². The van der Waals surface area contributed by atoms with Crippen molar-refractivity contribution in [3.05, 3.63) is 21.8 Å². The molecule has 0 bridgehead atoms. The summed E-state index contributed by atoms with van der Waals surface area (Å²) in [5.41, 5.74) is 4.82. The van der Waals surface area contributed by atoms with Crippen LogP contribution in [0.1, 0.15) is 11.1 Å². The maximum atomic E-state index is 4.40. The lowest BCUT2D eigenvalue weighted by molar-refractivity contribution is 1.05. The van der Waals surface area contributed by atoms with Gasteiger partial charge >= 0.3 is 0 Å². The van der Waals surface area contributed by atoms with Crippen molar-refractivity contribution in [2.75, 3.05) is 24.0 Å². The monoisotopic (exact) mass is 188 g/mol. The largest absolute Gasteiger partial charge is 0.366 e. The van der Waals surface area contributed by atoms with Gasteiger partial charge in [0.2, 0.25) is 0 Å². The SMILES string of the molecule is Cc1c2c(c(C)c3c1=NCN=3)NCN2. The molecule has 0 radical (unpaired) electrons. The van der Waals surface area contributed by atoms with Crippen molar-refractivity contribution in [1.29, 1.82) is 0 Å². The van der Waals surface area contributed by atoms with Crippen molar-refractivity contribution in [2.45, 2.75) is 13.8 Å². The summed E-state index contributed by atoms with van der Waals surface area (Å²) >= 11 is 0. The lowest BCUT2D eigenvalue weighted by Gasteiger charge is -2.06. The van der Waals surface area contributed by atoms with Crippen LogP contribution in [0.2, 0.25) is 0 Å². The number of nitrogens with zero attached hydrogens (tertiary/aromatic N) is 2. The minimum atomic E-state index is 0.583. The van der Waals surface area contributed by atoms with Gasteiger partial charge in [-0.2, -0.15) is 0 Å². The molecule has 0 fully saturated rings. The number of anilines is 2. The van der Waals surface area contributed by atoms with E-state index in [-0.39, 0.29) is 0 Å². The molecule has 4 heteroatoms. The number of fused-ring (bicyclic) bond motifs is 2. The van der Waals surface area contributed by atoms with E-state index in [1.807, 2.05) is 0 Å². The minimum absolute atomic E-state index is 0.583. The Bertz CT molecular complexity index is 483. The van der Waals surface area contributed by atoms with Gasteiger partial charge in [0.1, 0.15) is 6.67 Å². The molecule has 0 amide bonds. The predicted molar refractivity (Wildman–Crippen MR) is 55.2 cm³/mol. The lowest BCUT2D eigenvalue weighted by Crippen LogP contribution is -2.28. The summed E-state index contributed by atoms with van der Waals surface area (Å²) in [6, 6.07) is 0. The fraction of sp³-hybridized carbons (Fsp3) is 0.400.